The maximum Gasteiger partial charge on any atom is 0.344 e. The zero-order chi connectivity index (χ0) is 15.9. The number of halogens is 1. The van der Waals surface area contributed by atoms with Crippen LogP contribution >= 0.6 is 11.6 Å². The van der Waals surface area contributed by atoms with Crippen LogP contribution in [0.3, 0.4) is 0 Å². The van der Waals surface area contributed by atoms with Crippen molar-refractivity contribution < 1.29 is 14.6 Å². The van der Waals surface area contributed by atoms with Gasteiger partial charge in [-0.2, -0.15) is 5.10 Å². The van der Waals surface area contributed by atoms with Gasteiger partial charge in [-0.05, 0) is 42.8 Å². The second kappa shape index (κ2) is 7.47. The fraction of sp³-hybridized carbons (Fsp3) is 0.125. The van der Waals surface area contributed by atoms with Crippen LogP contribution < -0.4 is 10.2 Å². The Morgan fingerprint density at radius 2 is 2.05 bits per heavy atom. The number of aliphatic carboxylic acids is 1. The molecule has 0 heterocycles. The minimum atomic E-state index is -1.05. The first-order valence-electron chi connectivity index (χ1n) is 6.59. The van der Waals surface area contributed by atoms with Crippen molar-refractivity contribution in [1.29, 1.82) is 0 Å². The molecule has 0 aliphatic heterocycles. The Morgan fingerprint density at radius 3 is 2.68 bits per heavy atom. The van der Waals surface area contributed by atoms with Crippen LogP contribution in [0.25, 0.3) is 0 Å². The molecule has 6 heteroatoms. The second-order valence-corrected chi connectivity index (χ2v) is 4.93. The molecule has 5 nitrogen and oxygen atoms in total. The van der Waals surface area contributed by atoms with E-state index in [1.807, 2.05) is 30.3 Å². The van der Waals surface area contributed by atoms with Crippen LogP contribution in [0.4, 0.5) is 5.69 Å². The Balaban J connectivity index is 2.01. The Labute approximate surface area is 133 Å². The van der Waals surface area contributed by atoms with Crippen molar-refractivity contribution in [2.24, 2.45) is 5.10 Å². The van der Waals surface area contributed by atoms with E-state index in [2.05, 4.69) is 10.5 Å². The maximum atomic E-state index is 10.8. The van der Waals surface area contributed by atoms with Crippen molar-refractivity contribution in [1.82, 2.24) is 0 Å². The van der Waals surface area contributed by atoms with Crippen LogP contribution in [0.2, 0.25) is 5.02 Å². The number of hydrazone groups is 1. The Bertz CT molecular complexity index is 674. The number of rotatable bonds is 6. The number of benzene rings is 2. The number of hydrogen-bond donors (Lipinski definition) is 2. The Hall–Kier alpha value is -2.53. The number of carbonyl (C=O) groups is 1. The van der Waals surface area contributed by atoms with Crippen molar-refractivity contribution in [3.8, 4) is 5.75 Å². The Kier molecular flexibility index (Phi) is 5.38. The topological polar surface area (TPSA) is 70.9 Å². The van der Waals surface area contributed by atoms with E-state index in [9.17, 15) is 4.79 Å². The fourth-order valence-corrected chi connectivity index (χ4v) is 1.86. The number of ether oxygens (including phenoxy) is 1. The first kappa shape index (κ1) is 15.9. The zero-order valence-corrected chi connectivity index (χ0v) is 12.6. The van der Waals surface area contributed by atoms with E-state index in [0.717, 1.165) is 11.3 Å². The number of hydrogen-bond acceptors (Lipinski definition) is 4. The molecule has 2 aromatic carbocycles. The highest BCUT2D eigenvalue weighted by Crippen LogP contribution is 2.26. The van der Waals surface area contributed by atoms with Gasteiger partial charge in [-0.15, -0.1) is 0 Å². The van der Waals surface area contributed by atoms with Gasteiger partial charge in [0.05, 0.1) is 16.9 Å². The smallest absolute Gasteiger partial charge is 0.344 e. The van der Waals surface area contributed by atoms with Gasteiger partial charge in [0.15, 0.2) is 6.10 Å². The average molecular weight is 319 g/mol. The summed E-state index contributed by atoms with van der Waals surface area (Å²) < 4.78 is 5.24. The first-order valence-corrected chi connectivity index (χ1v) is 6.97. The number of nitrogens with zero attached hydrogens (tertiary/aromatic N) is 1. The van der Waals surface area contributed by atoms with Gasteiger partial charge < -0.3 is 9.84 Å². The van der Waals surface area contributed by atoms with E-state index >= 15 is 0 Å². The lowest BCUT2D eigenvalue weighted by Gasteiger charge is -2.11. The molecule has 0 aromatic heterocycles. The van der Waals surface area contributed by atoms with E-state index < -0.39 is 12.1 Å². The van der Waals surface area contributed by atoms with Crippen LogP contribution in [-0.4, -0.2) is 23.4 Å². The molecule has 2 aromatic rings. The molecule has 0 radical (unpaired) electrons. The van der Waals surface area contributed by atoms with Gasteiger partial charge in [-0.25, -0.2) is 4.79 Å². The molecule has 2 N–H and O–H groups in total. The van der Waals surface area contributed by atoms with E-state index in [4.69, 9.17) is 21.4 Å². The van der Waals surface area contributed by atoms with Crippen molar-refractivity contribution in [3.63, 3.8) is 0 Å². The normalized spacial score (nSPS) is 12.1. The van der Waals surface area contributed by atoms with E-state index in [0.29, 0.717) is 10.8 Å². The quantitative estimate of drug-likeness (QED) is 0.630. The third kappa shape index (κ3) is 4.49. The number of anilines is 1. The number of nitrogens with one attached hydrogen (secondary N) is 1. The minimum Gasteiger partial charge on any atom is -0.479 e. The summed E-state index contributed by atoms with van der Waals surface area (Å²) in [5.41, 5.74) is 4.53. The summed E-state index contributed by atoms with van der Waals surface area (Å²) in [6, 6.07) is 14.5. The Morgan fingerprint density at radius 1 is 1.32 bits per heavy atom. The van der Waals surface area contributed by atoms with Crippen LogP contribution in [0.1, 0.15) is 12.5 Å². The molecule has 0 aliphatic carbocycles. The summed E-state index contributed by atoms with van der Waals surface area (Å²) in [5, 5.41) is 13.2. The highest BCUT2D eigenvalue weighted by Gasteiger charge is 2.14. The molecule has 0 aliphatic rings. The lowest BCUT2D eigenvalue weighted by molar-refractivity contribution is -0.144. The summed E-state index contributed by atoms with van der Waals surface area (Å²) >= 11 is 6.07. The van der Waals surface area contributed by atoms with Gasteiger partial charge in [-0.1, -0.05) is 29.8 Å². The fourth-order valence-electron chi connectivity index (χ4n) is 1.63. The number of para-hydroxylation sites is 1. The SMILES string of the molecule is CC(Oc1ccc(C=NNc2ccccc2)cc1Cl)C(=O)O. The zero-order valence-electron chi connectivity index (χ0n) is 11.9. The molecule has 0 amide bonds. The predicted octanol–water partition coefficient (Wildman–Crippen LogP) is 3.64. The third-order valence-electron chi connectivity index (χ3n) is 2.79. The molecule has 0 fully saturated rings. The molecule has 2 rings (SSSR count). The van der Waals surface area contributed by atoms with E-state index in [1.165, 1.54) is 6.92 Å². The van der Waals surface area contributed by atoms with Gasteiger partial charge in [0.1, 0.15) is 5.75 Å². The predicted molar refractivity (Wildman–Crippen MR) is 86.8 cm³/mol. The number of carboxylic acid groups (broad SMARTS) is 1. The summed E-state index contributed by atoms with van der Waals surface area (Å²) in [4.78, 5) is 10.8. The largest absolute Gasteiger partial charge is 0.479 e. The van der Waals surface area contributed by atoms with Gasteiger partial charge >= 0.3 is 5.97 Å². The number of carboxylic acids is 1. The van der Waals surface area contributed by atoms with Crippen molar-refractivity contribution in [2.45, 2.75) is 13.0 Å². The molecule has 22 heavy (non-hydrogen) atoms. The molecule has 114 valence electrons. The molecule has 0 spiro atoms. The molecule has 1 unspecified atom stereocenters. The molecule has 0 saturated carbocycles. The average Bonchev–Trinajstić information content (AvgIpc) is 2.51. The van der Waals surface area contributed by atoms with Crippen LogP contribution in [0.15, 0.2) is 53.6 Å². The van der Waals surface area contributed by atoms with E-state index in [-0.39, 0.29) is 0 Å². The van der Waals surface area contributed by atoms with Crippen LogP contribution in [0.5, 0.6) is 5.75 Å². The molecule has 0 bridgehead atoms. The maximum absolute atomic E-state index is 10.8. The first-order chi connectivity index (χ1) is 10.6. The summed E-state index contributed by atoms with van der Waals surface area (Å²) in [5.74, 6) is -0.724. The minimum absolute atomic E-state index is 0.324. The second-order valence-electron chi connectivity index (χ2n) is 4.52. The van der Waals surface area contributed by atoms with Crippen molar-refractivity contribution >= 4 is 29.5 Å². The van der Waals surface area contributed by atoms with Crippen LogP contribution in [-0.2, 0) is 4.79 Å². The molecular weight excluding hydrogens is 304 g/mol. The summed E-state index contributed by atoms with van der Waals surface area (Å²) in [6.07, 6.45) is 0.653. The third-order valence-corrected chi connectivity index (χ3v) is 3.08. The van der Waals surface area contributed by atoms with Gasteiger partial charge in [0.2, 0.25) is 0 Å². The molecule has 1 atom stereocenters. The highest BCUT2D eigenvalue weighted by molar-refractivity contribution is 6.32. The van der Waals surface area contributed by atoms with Gasteiger partial charge in [0, 0.05) is 0 Å². The lowest BCUT2D eigenvalue weighted by atomic mass is 10.2. The van der Waals surface area contributed by atoms with Gasteiger partial charge in [-0.3, -0.25) is 5.43 Å². The standard InChI is InChI=1S/C16H15ClN2O3/c1-11(16(20)21)22-15-8-7-12(9-14(15)17)10-18-19-13-5-3-2-4-6-13/h2-11,19H,1H3,(H,20,21). The highest BCUT2D eigenvalue weighted by atomic mass is 35.5. The van der Waals surface area contributed by atoms with Crippen molar-refractivity contribution in [2.75, 3.05) is 5.43 Å². The summed E-state index contributed by atoms with van der Waals surface area (Å²) in [7, 11) is 0. The lowest BCUT2D eigenvalue weighted by Crippen LogP contribution is -2.23. The van der Waals surface area contributed by atoms with Gasteiger partial charge in [0.25, 0.3) is 0 Å². The molecule has 0 saturated heterocycles. The van der Waals surface area contributed by atoms with Crippen molar-refractivity contribution in [3.05, 3.63) is 59.1 Å². The van der Waals surface area contributed by atoms with Crippen LogP contribution in [0, 0.1) is 0 Å². The molecular formula is C16H15ClN2O3. The monoisotopic (exact) mass is 318 g/mol. The van der Waals surface area contributed by atoms with E-state index in [1.54, 1.807) is 24.4 Å². The summed E-state index contributed by atoms with van der Waals surface area (Å²) in [6.45, 7) is 1.44.